The number of benzene rings is 2. The third kappa shape index (κ3) is 2.88. The van der Waals surface area contributed by atoms with Gasteiger partial charge in [-0.15, -0.1) is 0 Å². The summed E-state index contributed by atoms with van der Waals surface area (Å²) in [5, 5.41) is 12.3. The summed E-state index contributed by atoms with van der Waals surface area (Å²) >= 11 is 0. The zero-order valence-electron chi connectivity index (χ0n) is 11.1. The molecular weight excluding hydrogens is 261 g/mol. The van der Waals surface area contributed by atoms with E-state index in [2.05, 4.69) is 5.32 Å². The molecule has 2 N–H and O–H groups in total. The second-order valence-corrected chi connectivity index (χ2v) is 4.30. The topological polar surface area (TPSA) is 58.6 Å². The lowest BCUT2D eigenvalue weighted by Crippen LogP contribution is -2.13. The molecule has 0 atom stereocenters. The number of carbonyl (C=O) groups is 1. The number of hydrogen-bond acceptors (Lipinski definition) is 3. The maximum atomic E-state index is 13.2. The number of rotatable bonds is 3. The average Bonchev–Trinajstić information content (AvgIpc) is 2.43. The summed E-state index contributed by atoms with van der Waals surface area (Å²) in [6.07, 6.45) is 0. The van der Waals surface area contributed by atoms with E-state index in [4.69, 9.17) is 4.74 Å². The normalized spacial score (nSPS) is 10.2. The Morgan fingerprint density at radius 2 is 2.00 bits per heavy atom. The van der Waals surface area contributed by atoms with E-state index >= 15 is 0 Å². The van der Waals surface area contributed by atoms with Gasteiger partial charge in [-0.1, -0.05) is 6.07 Å². The van der Waals surface area contributed by atoms with E-state index in [1.807, 2.05) is 0 Å². The number of hydrogen-bond donors (Lipinski definition) is 2. The molecule has 0 aliphatic rings. The molecule has 0 fully saturated rings. The third-order valence-electron chi connectivity index (χ3n) is 2.90. The zero-order valence-corrected chi connectivity index (χ0v) is 11.1. The predicted molar refractivity (Wildman–Crippen MR) is 73.7 cm³/mol. The number of aromatic hydroxyl groups is 1. The average molecular weight is 275 g/mol. The number of halogens is 1. The molecule has 104 valence electrons. The highest BCUT2D eigenvalue weighted by molar-refractivity contribution is 6.06. The first-order valence-electron chi connectivity index (χ1n) is 5.96. The number of amides is 1. The molecule has 0 aliphatic carbocycles. The van der Waals surface area contributed by atoms with Gasteiger partial charge in [-0.25, -0.2) is 4.39 Å². The minimum atomic E-state index is -0.532. The van der Waals surface area contributed by atoms with Gasteiger partial charge < -0.3 is 15.2 Å². The van der Waals surface area contributed by atoms with Crippen molar-refractivity contribution in [1.29, 1.82) is 0 Å². The number of methoxy groups -OCH3 is 1. The van der Waals surface area contributed by atoms with Crippen LogP contribution in [-0.2, 0) is 0 Å². The second kappa shape index (κ2) is 5.61. The molecule has 2 aromatic carbocycles. The molecule has 2 rings (SSSR count). The Hall–Kier alpha value is -2.56. The molecular formula is C15H14FNO3. The van der Waals surface area contributed by atoms with Crippen LogP contribution in [0.1, 0.15) is 15.9 Å². The minimum absolute atomic E-state index is 0.0630. The fraction of sp³-hybridized carbons (Fsp3) is 0.133. The standard InChI is InChI=1S/C15H14FNO3/c1-9-3-4-10(16)7-13(9)17-15(19)12-8-11(20-2)5-6-14(12)18/h3-8,18H,1-2H3,(H,17,19). The van der Waals surface area contributed by atoms with Crippen molar-refractivity contribution >= 4 is 11.6 Å². The lowest BCUT2D eigenvalue weighted by atomic mass is 10.1. The molecule has 0 heterocycles. The highest BCUT2D eigenvalue weighted by Crippen LogP contribution is 2.24. The number of phenolic OH excluding ortho intramolecular Hbond substituents is 1. The van der Waals surface area contributed by atoms with Crippen LogP contribution in [0.4, 0.5) is 10.1 Å². The first-order valence-corrected chi connectivity index (χ1v) is 5.96. The van der Waals surface area contributed by atoms with Crippen LogP contribution in [0.25, 0.3) is 0 Å². The number of nitrogens with one attached hydrogen (secondary N) is 1. The van der Waals surface area contributed by atoms with Gasteiger partial charge in [0.05, 0.1) is 12.7 Å². The first-order chi connectivity index (χ1) is 9.51. The van der Waals surface area contributed by atoms with Crippen molar-refractivity contribution in [3.05, 3.63) is 53.3 Å². The Morgan fingerprint density at radius 3 is 2.70 bits per heavy atom. The van der Waals surface area contributed by atoms with E-state index in [1.54, 1.807) is 19.1 Å². The molecule has 0 saturated carbocycles. The van der Waals surface area contributed by atoms with Gasteiger partial charge in [-0.2, -0.15) is 0 Å². The maximum absolute atomic E-state index is 13.2. The number of phenols is 1. The lowest BCUT2D eigenvalue weighted by Gasteiger charge is -2.10. The van der Waals surface area contributed by atoms with Crippen LogP contribution in [0, 0.1) is 12.7 Å². The van der Waals surface area contributed by atoms with E-state index in [1.165, 1.54) is 31.4 Å². The quantitative estimate of drug-likeness (QED) is 0.905. The summed E-state index contributed by atoms with van der Waals surface area (Å²) < 4.78 is 18.2. The summed E-state index contributed by atoms with van der Waals surface area (Å²) in [5.41, 5.74) is 1.15. The highest BCUT2D eigenvalue weighted by Gasteiger charge is 2.14. The van der Waals surface area contributed by atoms with E-state index in [9.17, 15) is 14.3 Å². The van der Waals surface area contributed by atoms with Crippen LogP contribution in [-0.4, -0.2) is 18.1 Å². The molecule has 0 unspecified atom stereocenters. The van der Waals surface area contributed by atoms with Gasteiger partial charge in [0.25, 0.3) is 5.91 Å². The molecule has 2 aromatic rings. The highest BCUT2D eigenvalue weighted by atomic mass is 19.1. The van der Waals surface area contributed by atoms with Crippen molar-refractivity contribution in [2.24, 2.45) is 0 Å². The third-order valence-corrected chi connectivity index (χ3v) is 2.90. The Bertz CT molecular complexity index is 656. The van der Waals surface area contributed by atoms with Crippen molar-refractivity contribution in [2.45, 2.75) is 6.92 Å². The van der Waals surface area contributed by atoms with Crippen molar-refractivity contribution in [3.63, 3.8) is 0 Å². The van der Waals surface area contributed by atoms with Gasteiger partial charge in [-0.3, -0.25) is 4.79 Å². The summed E-state index contributed by atoms with van der Waals surface area (Å²) in [4.78, 5) is 12.1. The summed E-state index contributed by atoms with van der Waals surface area (Å²) in [6, 6.07) is 8.43. The summed E-state index contributed by atoms with van der Waals surface area (Å²) in [6.45, 7) is 1.75. The fourth-order valence-electron chi connectivity index (χ4n) is 1.74. The van der Waals surface area contributed by atoms with Gasteiger partial charge in [0, 0.05) is 5.69 Å². The molecule has 0 radical (unpaired) electrons. The SMILES string of the molecule is COc1ccc(O)c(C(=O)Nc2cc(F)ccc2C)c1. The van der Waals surface area contributed by atoms with Crippen molar-refractivity contribution in [1.82, 2.24) is 0 Å². The smallest absolute Gasteiger partial charge is 0.259 e. The van der Waals surface area contributed by atoms with Crippen LogP contribution >= 0.6 is 0 Å². The second-order valence-electron chi connectivity index (χ2n) is 4.30. The first kappa shape index (κ1) is 13.9. The minimum Gasteiger partial charge on any atom is -0.507 e. The predicted octanol–water partition coefficient (Wildman–Crippen LogP) is 3.10. The van der Waals surface area contributed by atoms with Gasteiger partial charge in [0.2, 0.25) is 0 Å². The molecule has 4 nitrogen and oxygen atoms in total. The van der Waals surface area contributed by atoms with Crippen LogP contribution in [0.2, 0.25) is 0 Å². The Morgan fingerprint density at radius 1 is 1.25 bits per heavy atom. The van der Waals surface area contributed by atoms with Gasteiger partial charge in [0.15, 0.2) is 0 Å². The molecule has 0 aliphatic heterocycles. The molecule has 0 saturated heterocycles. The Kier molecular flexibility index (Phi) is 3.89. The van der Waals surface area contributed by atoms with E-state index in [0.717, 1.165) is 5.56 Å². The fourth-order valence-corrected chi connectivity index (χ4v) is 1.74. The molecule has 0 spiro atoms. The van der Waals surface area contributed by atoms with Crippen LogP contribution in [0.5, 0.6) is 11.5 Å². The lowest BCUT2D eigenvalue weighted by molar-refractivity contribution is 0.102. The van der Waals surface area contributed by atoms with Crippen LogP contribution in [0.3, 0.4) is 0 Å². The van der Waals surface area contributed by atoms with Crippen molar-refractivity contribution < 1.29 is 19.0 Å². The summed E-state index contributed by atoms with van der Waals surface area (Å²) in [5.74, 6) is -0.697. The molecule has 20 heavy (non-hydrogen) atoms. The van der Waals surface area contributed by atoms with E-state index in [0.29, 0.717) is 11.4 Å². The number of anilines is 1. The Labute approximate surface area is 115 Å². The molecule has 0 bridgehead atoms. The molecule has 0 aromatic heterocycles. The zero-order chi connectivity index (χ0) is 14.7. The Balaban J connectivity index is 2.30. The molecule has 5 heteroatoms. The van der Waals surface area contributed by atoms with E-state index < -0.39 is 11.7 Å². The van der Waals surface area contributed by atoms with Gasteiger partial charge in [0.1, 0.15) is 17.3 Å². The van der Waals surface area contributed by atoms with Crippen LogP contribution < -0.4 is 10.1 Å². The van der Waals surface area contributed by atoms with E-state index in [-0.39, 0.29) is 11.3 Å². The maximum Gasteiger partial charge on any atom is 0.259 e. The monoisotopic (exact) mass is 275 g/mol. The molecule has 1 amide bonds. The van der Waals surface area contributed by atoms with Crippen molar-refractivity contribution in [3.8, 4) is 11.5 Å². The number of ether oxygens (including phenoxy) is 1. The number of aryl methyl sites for hydroxylation is 1. The van der Waals surface area contributed by atoms with Gasteiger partial charge >= 0.3 is 0 Å². The van der Waals surface area contributed by atoms with Crippen LogP contribution in [0.15, 0.2) is 36.4 Å². The largest absolute Gasteiger partial charge is 0.507 e. The number of carbonyl (C=O) groups excluding carboxylic acids is 1. The van der Waals surface area contributed by atoms with Gasteiger partial charge in [-0.05, 0) is 42.8 Å². The summed E-state index contributed by atoms with van der Waals surface area (Å²) in [7, 11) is 1.46. The van der Waals surface area contributed by atoms with Crippen molar-refractivity contribution in [2.75, 3.05) is 12.4 Å².